The molecular weight excluding hydrogens is 350 g/mol. The average Bonchev–Trinajstić information content (AvgIpc) is 3.25. The number of amides is 1. The highest BCUT2D eigenvalue weighted by atomic mass is 16.5. The van der Waals surface area contributed by atoms with Crippen molar-refractivity contribution in [1.82, 2.24) is 25.5 Å². The van der Waals surface area contributed by atoms with Crippen LogP contribution in [0.15, 0.2) is 54.9 Å². The van der Waals surface area contributed by atoms with Gasteiger partial charge in [-0.15, -0.1) is 5.10 Å². The van der Waals surface area contributed by atoms with E-state index in [1.165, 1.54) is 11.0 Å². The Balaban J connectivity index is 1.56. The maximum Gasteiger partial charge on any atom is 0.340 e. The van der Waals surface area contributed by atoms with Crippen LogP contribution in [0.1, 0.15) is 15.9 Å². The van der Waals surface area contributed by atoms with Crippen molar-refractivity contribution in [1.29, 1.82) is 0 Å². The van der Waals surface area contributed by atoms with Crippen LogP contribution in [0, 0.1) is 0 Å². The van der Waals surface area contributed by atoms with Gasteiger partial charge in [-0.3, -0.25) is 4.79 Å². The molecule has 0 aliphatic carbocycles. The molecule has 0 aliphatic heterocycles. The summed E-state index contributed by atoms with van der Waals surface area (Å²) < 4.78 is 11.6. The quantitative estimate of drug-likeness (QED) is 0.624. The summed E-state index contributed by atoms with van der Waals surface area (Å²) in [5.74, 6) is -0.351. The van der Waals surface area contributed by atoms with Crippen molar-refractivity contribution in [3.8, 4) is 11.4 Å². The molecule has 0 radical (unpaired) electrons. The smallest absolute Gasteiger partial charge is 0.340 e. The molecule has 1 heterocycles. The molecule has 138 valence electrons. The molecule has 9 heteroatoms. The Morgan fingerprint density at radius 2 is 2.00 bits per heavy atom. The molecule has 1 aromatic heterocycles. The number of hydrogen-bond donors (Lipinski definition) is 1. The lowest BCUT2D eigenvalue weighted by molar-refractivity contribution is -0.124. The largest absolute Gasteiger partial charge is 0.497 e. The van der Waals surface area contributed by atoms with E-state index in [-0.39, 0.29) is 5.56 Å². The molecule has 0 saturated carbocycles. The van der Waals surface area contributed by atoms with Crippen molar-refractivity contribution in [3.63, 3.8) is 0 Å². The summed E-state index contributed by atoms with van der Waals surface area (Å²) in [6, 6.07) is 14.0. The van der Waals surface area contributed by atoms with E-state index < -0.39 is 18.5 Å². The molecule has 3 aromatic rings. The van der Waals surface area contributed by atoms with Gasteiger partial charge < -0.3 is 14.8 Å². The zero-order valence-corrected chi connectivity index (χ0v) is 14.5. The first-order valence-electron chi connectivity index (χ1n) is 8.06. The fraction of sp³-hybridized carbons (Fsp3) is 0.167. The zero-order chi connectivity index (χ0) is 19.1. The number of methoxy groups -OCH3 is 1. The number of nitrogens with one attached hydrogen (secondary N) is 1. The first-order valence-corrected chi connectivity index (χ1v) is 8.06. The van der Waals surface area contributed by atoms with E-state index in [4.69, 9.17) is 9.47 Å². The standard InChI is InChI=1S/C18H17N5O4/c1-26-14-6-4-5-13(9-14)10-19-17(24)11-27-18(25)15-7-2-3-8-16(15)23-12-20-21-22-23/h2-9,12H,10-11H2,1H3,(H,19,24). The van der Waals surface area contributed by atoms with Gasteiger partial charge in [0.25, 0.3) is 5.91 Å². The number of carbonyl (C=O) groups is 2. The van der Waals surface area contributed by atoms with Crippen molar-refractivity contribution >= 4 is 11.9 Å². The lowest BCUT2D eigenvalue weighted by Gasteiger charge is -2.09. The molecule has 0 saturated heterocycles. The van der Waals surface area contributed by atoms with Gasteiger partial charge >= 0.3 is 5.97 Å². The van der Waals surface area contributed by atoms with Crippen LogP contribution in [0.2, 0.25) is 0 Å². The van der Waals surface area contributed by atoms with E-state index in [1.54, 1.807) is 31.4 Å². The third-order valence-corrected chi connectivity index (χ3v) is 3.68. The van der Waals surface area contributed by atoms with E-state index in [9.17, 15) is 9.59 Å². The number of rotatable bonds is 7. The molecule has 1 N–H and O–H groups in total. The maximum atomic E-state index is 12.3. The number of ether oxygens (including phenoxy) is 2. The average molecular weight is 367 g/mol. The van der Waals surface area contributed by atoms with Gasteiger partial charge in [-0.1, -0.05) is 24.3 Å². The third-order valence-electron chi connectivity index (χ3n) is 3.68. The second-order valence-electron chi connectivity index (χ2n) is 5.48. The van der Waals surface area contributed by atoms with Gasteiger partial charge in [0.15, 0.2) is 6.61 Å². The van der Waals surface area contributed by atoms with Crippen LogP contribution in [0.3, 0.4) is 0 Å². The molecule has 0 atom stereocenters. The molecular formula is C18H17N5O4. The number of para-hydroxylation sites is 1. The highest BCUT2D eigenvalue weighted by Gasteiger charge is 2.16. The first-order chi connectivity index (χ1) is 13.2. The van der Waals surface area contributed by atoms with Crippen LogP contribution in [0.25, 0.3) is 5.69 Å². The van der Waals surface area contributed by atoms with Crippen molar-refractivity contribution in [3.05, 3.63) is 66.0 Å². The number of aromatic nitrogens is 4. The van der Waals surface area contributed by atoms with E-state index in [1.807, 2.05) is 24.3 Å². The number of benzene rings is 2. The highest BCUT2D eigenvalue weighted by molar-refractivity contribution is 5.94. The Hall–Kier alpha value is -3.75. The fourth-order valence-electron chi connectivity index (χ4n) is 2.36. The molecule has 2 aromatic carbocycles. The number of hydrogen-bond acceptors (Lipinski definition) is 7. The van der Waals surface area contributed by atoms with Crippen LogP contribution in [0.5, 0.6) is 5.75 Å². The lowest BCUT2D eigenvalue weighted by atomic mass is 10.2. The Labute approximate surface area is 154 Å². The van der Waals surface area contributed by atoms with Crippen LogP contribution in [-0.4, -0.2) is 45.8 Å². The number of nitrogens with zero attached hydrogens (tertiary/aromatic N) is 4. The minimum Gasteiger partial charge on any atom is -0.497 e. The second-order valence-corrected chi connectivity index (χ2v) is 5.48. The van der Waals surface area contributed by atoms with Crippen molar-refractivity contribution in [2.45, 2.75) is 6.54 Å². The lowest BCUT2D eigenvalue weighted by Crippen LogP contribution is -2.28. The predicted octanol–water partition coefficient (Wildman–Crippen LogP) is 1.14. The monoisotopic (exact) mass is 367 g/mol. The number of esters is 1. The van der Waals surface area contributed by atoms with Gasteiger partial charge in [-0.25, -0.2) is 4.79 Å². The van der Waals surface area contributed by atoms with Gasteiger partial charge in [-0.05, 0) is 40.3 Å². The highest BCUT2D eigenvalue weighted by Crippen LogP contribution is 2.14. The van der Waals surface area contributed by atoms with E-state index >= 15 is 0 Å². The second kappa shape index (κ2) is 8.56. The minimum absolute atomic E-state index is 0.255. The van der Waals surface area contributed by atoms with E-state index in [2.05, 4.69) is 20.8 Å². The number of tetrazole rings is 1. The normalized spacial score (nSPS) is 10.3. The first kappa shape index (κ1) is 18.1. The summed E-state index contributed by atoms with van der Waals surface area (Å²) >= 11 is 0. The summed E-state index contributed by atoms with van der Waals surface area (Å²) in [5.41, 5.74) is 1.59. The molecule has 1 amide bonds. The van der Waals surface area contributed by atoms with Crippen LogP contribution in [0.4, 0.5) is 0 Å². The van der Waals surface area contributed by atoms with Gasteiger partial charge in [0.05, 0.1) is 18.4 Å². The van der Waals surface area contributed by atoms with Crippen LogP contribution < -0.4 is 10.1 Å². The Kier molecular flexibility index (Phi) is 5.73. The molecule has 9 nitrogen and oxygen atoms in total. The molecule has 3 rings (SSSR count). The zero-order valence-electron chi connectivity index (χ0n) is 14.5. The van der Waals surface area contributed by atoms with Crippen molar-refractivity contribution in [2.24, 2.45) is 0 Å². The molecule has 0 fully saturated rings. The predicted molar refractivity (Wildman–Crippen MR) is 94.3 cm³/mol. The molecule has 0 spiro atoms. The minimum atomic E-state index is -0.641. The van der Waals surface area contributed by atoms with Gasteiger partial charge in [0.1, 0.15) is 12.1 Å². The fourth-order valence-corrected chi connectivity index (χ4v) is 2.36. The topological polar surface area (TPSA) is 108 Å². The van der Waals surface area contributed by atoms with Crippen LogP contribution in [-0.2, 0) is 16.1 Å². The van der Waals surface area contributed by atoms with Gasteiger partial charge in [-0.2, -0.15) is 4.68 Å². The third kappa shape index (κ3) is 4.66. The van der Waals surface area contributed by atoms with Crippen molar-refractivity contribution in [2.75, 3.05) is 13.7 Å². The summed E-state index contributed by atoms with van der Waals surface area (Å²) in [7, 11) is 1.57. The van der Waals surface area contributed by atoms with Gasteiger partial charge in [0, 0.05) is 6.54 Å². The molecule has 0 unspecified atom stereocenters. The van der Waals surface area contributed by atoms with Gasteiger partial charge in [0.2, 0.25) is 0 Å². The SMILES string of the molecule is COc1cccc(CNC(=O)COC(=O)c2ccccc2-n2cnnn2)c1. The molecule has 0 bridgehead atoms. The van der Waals surface area contributed by atoms with Crippen molar-refractivity contribution < 1.29 is 19.1 Å². The summed E-state index contributed by atoms with van der Waals surface area (Å²) in [6.07, 6.45) is 1.37. The Morgan fingerprint density at radius 3 is 2.78 bits per heavy atom. The Morgan fingerprint density at radius 1 is 1.15 bits per heavy atom. The molecule has 27 heavy (non-hydrogen) atoms. The molecule has 0 aliphatic rings. The van der Waals surface area contributed by atoms with E-state index in [0.717, 1.165) is 5.56 Å². The van der Waals surface area contributed by atoms with E-state index in [0.29, 0.717) is 18.0 Å². The number of carbonyl (C=O) groups excluding carboxylic acids is 2. The summed E-state index contributed by atoms with van der Waals surface area (Å²) in [6.45, 7) is -0.0957. The summed E-state index contributed by atoms with van der Waals surface area (Å²) in [4.78, 5) is 24.3. The maximum absolute atomic E-state index is 12.3. The Bertz CT molecular complexity index is 927. The summed E-state index contributed by atoms with van der Waals surface area (Å²) in [5, 5.41) is 13.5. The van der Waals surface area contributed by atoms with Crippen LogP contribution >= 0.6 is 0 Å².